The van der Waals surface area contributed by atoms with E-state index >= 15 is 0 Å². The first-order valence-corrected chi connectivity index (χ1v) is 8.01. The van der Waals surface area contributed by atoms with Crippen LogP contribution in [0.3, 0.4) is 0 Å². The molecular weight excluding hydrogens is 337 g/mol. The van der Waals surface area contributed by atoms with E-state index in [-0.39, 0.29) is 0 Å². The lowest BCUT2D eigenvalue weighted by Gasteiger charge is -2.11. The van der Waals surface area contributed by atoms with Crippen LogP contribution in [-0.4, -0.2) is 29.7 Å². The Balaban J connectivity index is 1.71. The second-order valence-electron chi connectivity index (χ2n) is 4.92. The standard InChI is InChI=1S/C15H19Cl2N5O/c1-10-21-14(22-23-10)9-20-15(18-2)19-7-3-4-11-5-6-12(16)8-13(11)17/h5-6,8H,3-4,7,9H2,1-2H3,(H2,18,19,20). The van der Waals surface area contributed by atoms with Gasteiger partial charge in [-0.2, -0.15) is 4.98 Å². The smallest absolute Gasteiger partial charge is 0.223 e. The van der Waals surface area contributed by atoms with Gasteiger partial charge in [-0.3, -0.25) is 4.99 Å². The minimum Gasteiger partial charge on any atom is -0.356 e. The maximum atomic E-state index is 6.15. The van der Waals surface area contributed by atoms with Crippen LogP contribution in [0, 0.1) is 6.92 Å². The number of aliphatic imine (C=N–C) groups is 1. The molecule has 0 spiro atoms. The Morgan fingerprint density at radius 2 is 2.13 bits per heavy atom. The van der Waals surface area contributed by atoms with Crippen LogP contribution in [0.2, 0.25) is 10.0 Å². The molecule has 0 bridgehead atoms. The highest BCUT2D eigenvalue weighted by atomic mass is 35.5. The molecule has 0 aliphatic heterocycles. The highest BCUT2D eigenvalue weighted by molar-refractivity contribution is 6.35. The van der Waals surface area contributed by atoms with Crippen molar-refractivity contribution in [1.82, 2.24) is 20.8 Å². The molecule has 8 heteroatoms. The fourth-order valence-electron chi connectivity index (χ4n) is 2.01. The topological polar surface area (TPSA) is 75.3 Å². The third-order valence-corrected chi connectivity index (χ3v) is 3.72. The summed E-state index contributed by atoms with van der Waals surface area (Å²) < 4.78 is 4.91. The highest BCUT2D eigenvalue weighted by Crippen LogP contribution is 2.21. The Kier molecular flexibility index (Phi) is 6.67. The fourth-order valence-corrected chi connectivity index (χ4v) is 2.51. The zero-order valence-electron chi connectivity index (χ0n) is 13.1. The predicted molar refractivity (Wildman–Crippen MR) is 92.0 cm³/mol. The first-order chi connectivity index (χ1) is 11.1. The van der Waals surface area contributed by atoms with Gasteiger partial charge in [0, 0.05) is 30.6 Å². The van der Waals surface area contributed by atoms with E-state index in [1.54, 1.807) is 20.0 Å². The van der Waals surface area contributed by atoms with Crippen molar-refractivity contribution in [1.29, 1.82) is 0 Å². The van der Waals surface area contributed by atoms with Gasteiger partial charge in [0.2, 0.25) is 5.89 Å². The number of benzene rings is 1. The molecule has 0 aliphatic rings. The molecule has 0 atom stereocenters. The summed E-state index contributed by atoms with van der Waals surface area (Å²) in [7, 11) is 1.72. The maximum Gasteiger partial charge on any atom is 0.223 e. The lowest BCUT2D eigenvalue weighted by Crippen LogP contribution is -2.37. The van der Waals surface area contributed by atoms with Gasteiger partial charge in [0.15, 0.2) is 11.8 Å². The molecule has 0 unspecified atom stereocenters. The molecule has 0 saturated heterocycles. The summed E-state index contributed by atoms with van der Waals surface area (Å²) in [6.07, 6.45) is 1.79. The summed E-state index contributed by atoms with van der Waals surface area (Å²) in [5, 5.41) is 11.5. The average molecular weight is 356 g/mol. The van der Waals surface area contributed by atoms with Crippen LogP contribution < -0.4 is 10.6 Å². The number of hydrogen-bond donors (Lipinski definition) is 2. The molecule has 0 saturated carbocycles. The van der Waals surface area contributed by atoms with Crippen LogP contribution >= 0.6 is 23.2 Å². The Morgan fingerprint density at radius 3 is 2.78 bits per heavy atom. The van der Waals surface area contributed by atoms with Crippen molar-refractivity contribution in [3.8, 4) is 0 Å². The number of guanidine groups is 1. The average Bonchev–Trinajstić information content (AvgIpc) is 2.94. The number of halogens is 2. The molecule has 0 amide bonds. The molecule has 0 radical (unpaired) electrons. The third-order valence-electron chi connectivity index (χ3n) is 3.14. The van der Waals surface area contributed by atoms with E-state index in [9.17, 15) is 0 Å². The lowest BCUT2D eigenvalue weighted by molar-refractivity contribution is 0.387. The normalized spacial score (nSPS) is 11.6. The molecular formula is C15H19Cl2N5O. The molecule has 0 aliphatic carbocycles. The van der Waals surface area contributed by atoms with Gasteiger partial charge in [0.1, 0.15) is 0 Å². The highest BCUT2D eigenvalue weighted by Gasteiger charge is 2.04. The SMILES string of the molecule is CN=C(NCCCc1ccc(Cl)cc1Cl)NCc1noc(C)n1. The number of aromatic nitrogens is 2. The molecule has 2 rings (SSSR count). The summed E-state index contributed by atoms with van der Waals surface area (Å²) in [6.45, 7) is 2.98. The van der Waals surface area contributed by atoms with Gasteiger partial charge >= 0.3 is 0 Å². The second kappa shape index (κ2) is 8.74. The molecule has 0 fully saturated rings. The van der Waals surface area contributed by atoms with Crippen molar-refractivity contribution in [3.63, 3.8) is 0 Å². The number of hydrogen-bond acceptors (Lipinski definition) is 4. The second-order valence-corrected chi connectivity index (χ2v) is 5.77. The van der Waals surface area contributed by atoms with Crippen LogP contribution in [-0.2, 0) is 13.0 Å². The first kappa shape index (κ1) is 17.6. The maximum absolute atomic E-state index is 6.15. The van der Waals surface area contributed by atoms with Gasteiger partial charge in [0.05, 0.1) is 6.54 Å². The largest absolute Gasteiger partial charge is 0.356 e. The van der Waals surface area contributed by atoms with Gasteiger partial charge in [0.25, 0.3) is 0 Å². The van der Waals surface area contributed by atoms with Crippen LogP contribution in [0.1, 0.15) is 23.7 Å². The van der Waals surface area contributed by atoms with Crippen molar-refractivity contribution in [2.45, 2.75) is 26.3 Å². The summed E-state index contributed by atoms with van der Waals surface area (Å²) in [6, 6.07) is 5.57. The zero-order chi connectivity index (χ0) is 16.7. The predicted octanol–water partition coefficient (Wildman–Crippen LogP) is 2.98. The van der Waals surface area contributed by atoms with Crippen molar-refractivity contribution < 1.29 is 4.52 Å². The van der Waals surface area contributed by atoms with E-state index in [2.05, 4.69) is 25.8 Å². The number of nitrogens with zero attached hydrogens (tertiary/aromatic N) is 3. The van der Waals surface area contributed by atoms with Crippen LogP contribution in [0.4, 0.5) is 0 Å². The van der Waals surface area contributed by atoms with E-state index in [4.69, 9.17) is 27.7 Å². The van der Waals surface area contributed by atoms with E-state index in [1.807, 2.05) is 12.1 Å². The van der Waals surface area contributed by atoms with Crippen molar-refractivity contribution in [2.75, 3.05) is 13.6 Å². The third kappa shape index (κ3) is 5.73. The fraction of sp³-hybridized carbons (Fsp3) is 0.400. The number of rotatable bonds is 6. The van der Waals surface area contributed by atoms with Crippen molar-refractivity contribution in [2.24, 2.45) is 4.99 Å². The van der Waals surface area contributed by atoms with E-state index in [0.717, 1.165) is 24.9 Å². The quantitative estimate of drug-likeness (QED) is 0.473. The van der Waals surface area contributed by atoms with Gasteiger partial charge in [-0.15, -0.1) is 0 Å². The number of aryl methyl sites for hydroxylation is 2. The summed E-state index contributed by atoms with van der Waals surface area (Å²) in [5.74, 6) is 1.83. The Labute approximate surface area is 145 Å². The van der Waals surface area contributed by atoms with Crippen molar-refractivity contribution in [3.05, 3.63) is 45.5 Å². The molecule has 2 aromatic rings. The summed E-state index contributed by atoms with van der Waals surface area (Å²) >= 11 is 12.0. The first-order valence-electron chi connectivity index (χ1n) is 7.26. The molecule has 1 aromatic carbocycles. The molecule has 6 nitrogen and oxygen atoms in total. The zero-order valence-corrected chi connectivity index (χ0v) is 14.6. The Hall–Kier alpha value is -1.79. The molecule has 23 heavy (non-hydrogen) atoms. The van der Waals surface area contributed by atoms with Gasteiger partial charge in [-0.1, -0.05) is 34.4 Å². The molecule has 1 heterocycles. The minimum atomic E-state index is 0.458. The molecule has 124 valence electrons. The Bertz CT molecular complexity index is 672. The molecule has 1 aromatic heterocycles. The molecule has 2 N–H and O–H groups in total. The van der Waals surface area contributed by atoms with Crippen LogP contribution in [0.25, 0.3) is 0 Å². The summed E-state index contributed by atoms with van der Waals surface area (Å²) in [5.41, 5.74) is 1.09. The van der Waals surface area contributed by atoms with Crippen LogP contribution in [0.15, 0.2) is 27.7 Å². The van der Waals surface area contributed by atoms with Gasteiger partial charge in [-0.05, 0) is 30.5 Å². The number of nitrogens with one attached hydrogen (secondary N) is 2. The monoisotopic (exact) mass is 355 g/mol. The lowest BCUT2D eigenvalue weighted by atomic mass is 10.1. The van der Waals surface area contributed by atoms with E-state index < -0.39 is 0 Å². The Morgan fingerprint density at radius 1 is 1.30 bits per heavy atom. The van der Waals surface area contributed by atoms with Crippen molar-refractivity contribution >= 4 is 29.2 Å². The van der Waals surface area contributed by atoms with Gasteiger partial charge < -0.3 is 15.2 Å². The minimum absolute atomic E-state index is 0.458. The summed E-state index contributed by atoms with van der Waals surface area (Å²) in [4.78, 5) is 8.27. The van der Waals surface area contributed by atoms with E-state index in [1.165, 1.54) is 0 Å². The van der Waals surface area contributed by atoms with E-state index in [0.29, 0.717) is 34.3 Å². The van der Waals surface area contributed by atoms with Crippen LogP contribution in [0.5, 0.6) is 0 Å². The van der Waals surface area contributed by atoms with Gasteiger partial charge in [-0.25, -0.2) is 0 Å².